The van der Waals surface area contributed by atoms with E-state index in [-0.39, 0.29) is 22.9 Å². The minimum absolute atomic E-state index is 0.0560. The largest absolute Gasteiger partial charge is 0.339 e. The van der Waals surface area contributed by atoms with Crippen LogP contribution < -0.4 is 5.32 Å². The zero-order chi connectivity index (χ0) is 19.4. The van der Waals surface area contributed by atoms with E-state index in [4.69, 9.17) is 0 Å². The Bertz CT molecular complexity index is 753. The standard InChI is InChI=1S/C20H31N3O3S/c1-22(17-11-13-21-14-12-17)20(24)16-7-6-10-19(15-16)27(25,26)23(2)18-8-4-3-5-9-18/h6-7,10,15,17-18,21H,3-5,8-9,11-14H2,1-2H3. The summed E-state index contributed by atoms with van der Waals surface area (Å²) in [6.07, 6.45) is 6.99. The van der Waals surface area contributed by atoms with E-state index in [9.17, 15) is 13.2 Å². The van der Waals surface area contributed by atoms with E-state index in [0.717, 1.165) is 51.6 Å². The van der Waals surface area contributed by atoms with Gasteiger partial charge >= 0.3 is 0 Å². The second kappa shape index (κ2) is 8.71. The van der Waals surface area contributed by atoms with Crippen LogP contribution in [-0.2, 0) is 10.0 Å². The van der Waals surface area contributed by atoms with Crippen molar-refractivity contribution in [3.63, 3.8) is 0 Å². The Labute approximate surface area is 163 Å². The SMILES string of the molecule is CN(C(=O)c1cccc(S(=O)(=O)N(C)C2CCCCC2)c1)C1CCNCC1. The predicted molar refractivity (Wildman–Crippen MR) is 106 cm³/mol. The number of hydrogen-bond acceptors (Lipinski definition) is 4. The van der Waals surface area contributed by atoms with Crippen LogP contribution >= 0.6 is 0 Å². The maximum Gasteiger partial charge on any atom is 0.253 e. The van der Waals surface area contributed by atoms with Gasteiger partial charge in [-0.2, -0.15) is 4.31 Å². The second-order valence-corrected chi connectivity index (χ2v) is 9.74. The van der Waals surface area contributed by atoms with E-state index < -0.39 is 10.0 Å². The van der Waals surface area contributed by atoms with Gasteiger partial charge in [-0.1, -0.05) is 25.3 Å². The molecule has 0 aromatic heterocycles. The smallest absolute Gasteiger partial charge is 0.253 e. The number of hydrogen-bond donors (Lipinski definition) is 1. The summed E-state index contributed by atoms with van der Waals surface area (Å²) in [5, 5.41) is 3.30. The number of amides is 1. The number of nitrogens with zero attached hydrogens (tertiary/aromatic N) is 2. The fourth-order valence-electron chi connectivity index (χ4n) is 4.16. The first kappa shape index (κ1) is 20.3. The van der Waals surface area contributed by atoms with Gasteiger partial charge in [0.15, 0.2) is 0 Å². The van der Waals surface area contributed by atoms with Crippen molar-refractivity contribution in [1.82, 2.24) is 14.5 Å². The summed E-state index contributed by atoms with van der Waals surface area (Å²) in [5.74, 6) is -0.112. The van der Waals surface area contributed by atoms with Crippen LogP contribution in [0.4, 0.5) is 0 Å². The van der Waals surface area contributed by atoms with Crippen molar-refractivity contribution in [3.8, 4) is 0 Å². The number of benzene rings is 1. The molecule has 2 aliphatic rings. The van der Waals surface area contributed by atoms with Crippen molar-refractivity contribution in [1.29, 1.82) is 0 Å². The van der Waals surface area contributed by atoms with Crippen LogP contribution in [0, 0.1) is 0 Å². The third-order valence-electron chi connectivity index (χ3n) is 6.02. The molecule has 1 amide bonds. The summed E-state index contributed by atoms with van der Waals surface area (Å²) >= 11 is 0. The van der Waals surface area contributed by atoms with E-state index in [1.807, 2.05) is 7.05 Å². The van der Waals surface area contributed by atoms with Gasteiger partial charge in [-0.05, 0) is 57.0 Å². The minimum Gasteiger partial charge on any atom is -0.339 e. The lowest BCUT2D eigenvalue weighted by Gasteiger charge is -2.32. The predicted octanol–water partition coefficient (Wildman–Crippen LogP) is 2.46. The number of sulfonamides is 1. The number of nitrogens with one attached hydrogen (secondary N) is 1. The lowest BCUT2D eigenvalue weighted by molar-refractivity contribution is 0.0703. The number of carbonyl (C=O) groups excluding carboxylic acids is 1. The molecule has 150 valence electrons. The maximum atomic E-state index is 13.1. The van der Waals surface area contributed by atoms with Crippen LogP contribution in [0.15, 0.2) is 29.2 Å². The van der Waals surface area contributed by atoms with Crippen LogP contribution in [-0.4, -0.2) is 62.8 Å². The van der Waals surface area contributed by atoms with E-state index in [2.05, 4.69) is 5.32 Å². The molecule has 1 aromatic rings. The first-order valence-electron chi connectivity index (χ1n) is 9.97. The van der Waals surface area contributed by atoms with Gasteiger partial charge in [-0.25, -0.2) is 8.42 Å². The Hall–Kier alpha value is -1.44. The van der Waals surface area contributed by atoms with Crippen LogP contribution in [0.25, 0.3) is 0 Å². The van der Waals surface area contributed by atoms with Gasteiger partial charge in [0.05, 0.1) is 4.90 Å². The van der Waals surface area contributed by atoms with Crippen molar-refractivity contribution in [2.45, 2.75) is 61.9 Å². The quantitative estimate of drug-likeness (QED) is 0.834. The van der Waals surface area contributed by atoms with Gasteiger partial charge in [0.2, 0.25) is 10.0 Å². The monoisotopic (exact) mass is 393 g/mol. The molecule has 1 aliphatic heterocycles. The number of piperidine rings is 1. The molecule has 0 unspecified atom stereocenters. The van der Waals surface area contributed by atoms with Gasteiger partial charge in [-0.3, -0.25) is 4.79 Å². The molecule has 0 radical (unpaired) electrons. The van der Waals surface area contributed by atoms with Crippen molar-refractivity contribution >= 4 is 15.9 Å². The summed E-state index contributed by atoms with van der Waals surface area (Å²) in [7, 11) is -0.112. The normalized spacial score (nSPS) is 20.0. The van der Waals surface area contributed by atoms with E-state index in [1.54, 1.807) is 30.1 Å². The molecule has 3 rings (SSSR count). The Morgan fingerprint density at radius 1 is 1.00 bits per heavy atom. The highest BCUT2D eigenvalue weighted by molar-refractivity contribution is 7.89. The van der Waals surface area contributed by atoms with Gasteiger partial charge in [0.25, 0.3) is 5.91 Å². The van der Waals surface area contributed by atoms with Crippen LogP contribution in [0.2, 0.25) is 0 Å². The molecule has 6 nitrogen and oxygen atoms in total. The summed E-state index contributed by atoms with van der Waals surface area (Å²) < 4.78 is 27.6. The van der Waals surface area contributed by atoms with Crippen LogP contribution in [0.5, 0.6) is 0 Å². The molecular weight excluding hydrogens is 362 g/mol. The molecule has 7 heteroatoms. The Kier molecular flexibility index (Phi) is 6.55. The highest BCUT2D eigenvalue weighted by atomic mass is 32.2. The first-order valence-corrected chi connectivity index (χ1v) is 11.4. The van der Waals surface area contributed by atoms with Crippen molar-refractivity contribution < 1.29 is 13.2 Å². The topological polar surface area (TPSA) is 69.7 Å². The molecular formula is C20H31N3O3S. The van der Waals surface area contributed by atoms with Crippen LogP contribution in [0.3, 0.4) is 0 Å². The number of rotatable bonds is 5. The first-order chi connectivity index (χ1) is 12.9. The fourth-order valence-corrected chi connectivity index (χ4v) is 5.62. The fraction of sp³-hybridized carbons (Fsp3) is 0.650. The Balaban J connectivity index is 1.78. The van der Waals surface area contributed by atoms with Gasteiger partial charge < -0.3 is 10.2 Å². The second-order valence-electron chi connectivity index (χ2n) is 7.74. The lowest BCUT2D eigenvalue weighted by atomic mass is 9.96. The van der Waals surface area contributed by atoms with Gasteiger partial charge in [-0.15, -0.1) is 0 Å². The molecule has 1 saturated carbocycles. The van der Waals surface area contributed by atoms with E-state index in [1.165, 1.54) is 16.8 Å². The highest BCUT2D eigenvalue weighted by Gasteiger charge is 2.30. The molecule has 2 fully saturated rings. The Morgan fingerprint density at radius 3 is 2.33 bits per heavy atom. The molecule has 27 heavy (non-hydrogen) atoms. The van der Waals surface area contributed by atoms with Gasteiger partial charge in [0.1, 0.15) is 0 Å². The molecule has 1 N–H and O–H groups in total. The summed E-state index contributed by atoms with van der Waals surface area (Å²) in [5.41, 5.74) is 0.439. The highest BCUT2D eigenvalue weighted by Crippen LogP contribution is 2.27. The summed E-state index contributed by atoms with van der Waals surface area (Å²) in [6.45, 7) is 1.81. The molecule has 1 heterocycles. The van der Waals surface area contributed by atoms with Crippen molar-refractivity contribution in [2.75, 3.05) is 27.2 Å². The van der Waals surface area contributed by atoms with Crippen LogP contribution in [0.1, 0.15) is 55.3 Å². The molecule has 0 spiro atoms. The maximum absolute atomic E-state index is 13.1. The Morgan fingerprint density at radius 2 is 1.67 bits per heavy atom. The molecule has 1 aliphatic carbocycles. The minimum atomic E-state index is -3.59. The van der Waals surface area contributed by atoms with Gasteiger partial charge in [0, 0.05) is 31.7 Å². The summed E-state index contributed by atoms with van der Waals surface area (Å²) in [6, 6.07) is 6.76. The zero-order valence-corrected chi connectivity index (χ0v) is 17.2. The molecule has 0 atom stereocenters. The van der Waals surface area contributed by atoms with E-state index >= 15 is 0 Å². The third-order valence-corrected chi connectivity index (χ3v) is 7.93. The summed E-state index contributed by atoms with van der Waals surface area (Å²) in [4.78, 5) is 14.9. The number of carbonyl (C=O) groups is 1. The zero-order valence-electron chi connectivity index (χ0n) is 16.4. The van der Waals surface area contributed by atoms with Crippen molar-refractivity contribution in [3.05, 3.63) is 29.8 Å². The molecule has 0 bridgehead atoms. The average molecular weight is 394 g/mol. The molecule has 1 saturated heterocycles. The third kappa shape index (κ3) is 4.52. The lowest BCUT2D eigenvalue weighted by Crippen LogP contribution is -2.44. The van der Waals surface area contributed by atoms with Crippen molar-refractivity contribution in [2.24, 2.45) is 0 Å². The average Bonchev–Trinajstić information content (AvgIpc) is 2.73. The van der Waals surface area contributed by atoms with E-state index in [0.29, 0.717) is 5.56 Å². The molecule has 1 aromatic carbocycles.